The Kier molecular flexibility index (Phi) is 12.3. The molecule has 0 spiro atoms. The van der Waals surface area contributed by atoms with Crippen molar-refractivity contribution in [3.05, 3.63) is 0 Å². The van der Waals surface area contributed by atoms with E-state index in [2.05, 4.69) is 28.2 Å². The van der Waals surface area contributed by atoms with Crippen molar-refractivity contribution in [3.63, 3.8) is 0 Å². The minimum absolute atomic E-state index is 0.207. The largest absolute Gasteiger partial charge is 0.368 e. The maximum absolute atomic E-state index is 11.5. The SMILES string of the molecule is CCCCCCC(=O)NCC(=O)NCC(=O)NCC(=O)NCC(N)=O. The first kappa shape index (κ1) is 22.4. The van der Waals surface area contributed by atoms with Gasteiger partial charge in [0.2, 0.25) is 29.5 Å². The Bertz CT molecular complexity index is 481. The number of amides is 5. The van der Waals surface area contributed by atoms with Crippen LogP contribution in [-0.4, -0.2) is 55.7 Å². The molecule has 0 atom stereocenters. The van der Waals surface area contributed by atoms with E-state index >= 15 is 0 Å². The van der Waals surface area contributed by atoms with Gasteiger partial charge in [-0.05, 0) is 6.42 Å². The highest BCUT2D eigenvalue weighted by Gasteiger charge is 2.09. The van der Waals surface area contributed by atoms with Crippen molar-refractivity contribution < 1.29 is 24.0 Å². The molecule has 10 heteroatoms. The van der Waals surface area contributed by atoms with Gasteiger partial charge in [0.05, 0.1) is 26.2 Å². The fourth-order valence-corrected chi connectivity index (χ4v) is 1.71. The molecule has 0 unspecified atom stereocenters. The molecule has 0 saturated heterocycles. The molecule has 0 heterocycles. The van der Waals surface area contributed by atoms with Gasteiger partial charge in [-0.25, -0.2) is 0 Å². The summed E-state index contributed by atoms with van der Waals surface area (Å²) in [6.45, 7) is 0.890. The van der Waals surface area contributed by atoms with Gasteiger partial charge < -0.3 is 27.0 Å². The summed E-state index contributed by atoms with van der Waals surface area (Å²) in [6.07, 6.45) is 4.28. The van der Waals surface area contributed by atoms with Crippen LogP contribution in [0.5, 0.6) is 0 Å². The second-order valence-corrected chi connectivity index (χ2v) is 5.38. The molecule has 0 bridgehead atoms. The van der Waals surface area contributed by atoms with Crippen molar-refractivity contribution >= 4 is 29.5 Å². The van der Waals surface area contributed by atoms with Gasteiger partial charge in [-0.1, -0.05) is 26.2 Å². The molecule has 0 fully saturated rings. The minimum Gasteiger partial charge on any atom is -0.368 e. The average Bonchev–Trinajstić information content (AvgIpc) is 2.58. The van der Waals surface area contributed by atoms with Gasteiger partial charge in [-0.15, -0.1) is 0 Å². The second-order valence-electron chi connectivity index (χ2n) is 5.38. The maximum Gasteiger partial charge on any atom is 0.239 e. The first-order chi connectivity index (χ1) is 11.8. The van der Waals surface area contributed by atoms with Crippen LogP contribution in [0.1, 0.15) is 39.0 Å². The smallest absolute Gasteiger partial charge is 0.239 e. The lowest BCUT2D eigenvalue weighted by Crippen LogP contribution is -2.45. The predicted molar refractivity (Wildman–Crippen MR) is 90.0 cm³/mol. The summed E-state index contributed by atoms with van der Waals surface area (Å²) < 4.78 is 0. The molecule has 0 aromatic rings. The molecule has 0 aromatic carbocycles. The fourth-order valence-electron chi connectivity index (χ4n) is 1.71. The molecule has 142 valence electrons. The normalized spacial score (nSPS) is 9.80. The van der Waals surface area contributed by atoms with Crippen molar-refractivity contribution in [2.45, 2.75) is 39.0 Å². The number of unbranched alkanes of at least 4 members (excludes halogenated alkanes) is 3. The van der Waals surface area contributed by atoms with E-state index in [1.54, 1.807) is 0 Å². The molecular weight excluding hydrogens is 330 g/mol. The fraction of sp³-hybridized carbons (Fsp3) is 0.667. The molecule has 25 heavy (non-hydrogen) atoms. The van der Waals surface area contributed by atoms with Crippen LogP contribution in [-0.2, 0) is 24.0 Å². The van der Waals surface area contributed by atoms with Gasteiger partial charge in [0.1, 0.15) is 0 Å². The van der Waals surface area contributed by atoms with Gasteiger partial charge >= 0.3 is 0 Å². The molecule has 0 aromatic heterocycles. The quantitative estimate of drug-likeness (QED) is 0.239. The summed E-state index contributed by atoms with van der Waals surface area (Å²) in [5, 5.41) is 9.24. The second kappa shape index (κ2) is 13.8. The maximum atomic E-state index is 11.5. The molecule has 0 aliphatic heterocycles. The molecule has 10 nitrogen and oxygen atoms in total. The standard InChI is InChI=1S/C15H27N5O5/c1-2-3-4-5-6-12(22)18-8-14(24)20-10-15(25)19-9-13(23)17-7-11(16)21/h2-10H2,1H3,(H2,16,21)(H,17,23)(H,18,22)(H,19,25)(H,20,24). The van der Waals surface area contributed by atoms with Gasteiger partial charge in [0, 0.05) is 6.42 Å². The lowest BCUT2D eigenvalue weighted by molar-refractivity contribution is -0.129. The Morgan fingerprint density at radius 3 is 1.52 bits per heavy atom. The van der Waals surface area contributed by atoms with E-state index in [4.69, 9.17) is 5.73 Å². The Hall–Kier alpha value is -2.65. The van der Waals surface area contributed by atoms with Crippen molar-refractivity contribution in [2.24, 2.45) is 5.73 Å². The molecule has 0 saturated carbocycles. The van der Waals surface area contributed by atoms with E-state index in [9.17, 15) is 24.0 Å². The minimum atomic E-state index is -0.695. The van der Waals surface area contributed by atoms with Crippen LogP contribution in [0, 0.1) is 0 Å². The number of rotatable bonds is 13. The average molecular weight is 357 g/mol. The zero-order chi connectivity index (χ0) is 19.1. The van der Waals surface area contributed by atoms with Gasteiger partial charge in [-0.3, -0.25) is 24.0 Å². The van der Waals surface area contributed by atoms with Gasteiger partial charge in [0.15, 0.2) is 0 Å². The number of hydrogen-bond acceptors (Lipinski definition) is 5. The van der Waals surface area contributed by atoms with Crippen LogP contribution in [0.2, 0.25) is 0 Å². The first-order valence-electron chi connectivity index (χ1n) is 8.20. The van der Waals surface area contributed by atoms with Gasteiger partial charge in [0.25, 0.3) is 0 Å². The Morgan fingerprint density at radius 1 is 0.640 bits per heavy atom. The van der Waals surface area contributed by atoms with E-state index in [0.717, 1.165) is 25.7 Å². The van der Waals surface area contributed by atoms with Crippen molar-refractivity contribution in [1.82, 2.24) is 21.3 Å². The summed E-state index contributed by atoms with van der Waals surface area (Å²) in [5.41, 5.74) is 4.85. The number of nitrogens with two attached hydrogens (primary N) is 1. The monoisotopic (exact) mass is 357 g/mol. The van der Waals surface area contributed by atoms with Crippen LogP contribution >= 0.6 is 0 Å². The topological polar surface area (TPSA) is 159 Å². The first-order valence-corrected chi connectivity index (χ1v) is 8.20. The molecule has 0 rings (SSSR count). The third-order valence-corrected chi connectivity index (χ3v) is 3.06. The van der Waals surface area contributed by atoms with Crippen molar-refractivity contribution in [1.29, 1.82) is 0 Å². The third-order valence-electron chi connectivity index (χ3n) is 3.06. The van der Waals surface area contributed by atoms with Crippen molar-refractivity contribution in [2.75, 3.05) is 26.2 Å². The molecule has 5 amide bonds. The van der Waals surface area contributed by atoms with Crippen LogP contribution in [0.3, 0.4) is 0 Å². The van der Waals surface area contributed by atoms with E-state index < -0.39 is 23.6 Å². The number of nitrogens with one attached hydrogen (secondary N) is 4. The Labute approximate surface area is 146 Å². The summed E-state index contributed by atoms with van der Waals surface area (Å²) >= 11 is 0. The van der Waals surface area contributed by atoms with Crippen molar-refractivity contribution in [3.8, 4) is 0 Å². The Morgan fingerprint density at radius 2 is 1.08 bits per heavy atom. The van der Waals surface area contributed by atoms with Gasteiger partial charge in [-0.2, -0.15) is 0 Å². The van der Waals surface area contributed by atoms with Crippen LogP contribution in [0.15, 0.2) is 0 Å². The molecule has 0 aliphatic rings. The lowest BCUT2D eigenvalue weighted by atomic mass is 10.1. The number of carbonyl (C=O) groups is 5. The zero-order valence-electron chi connectivity index (χ0n) is 14.5. The number of carbonyl (C=O) groups excluding carboxylic acids is 5. The molecule has 6 N–H and O–H groups in total. The predicted octanol–water partition coefficient (Wildman–Crippen LogP) is -2.09. The van der Waals surface area contributed by atoms with E-state index in [0.29, 0.717) is 6.42 Å². The lowest BCUT2D eigenvalue weighted by Gasteiger charge is -2.08. The molecule has 0 radical (unpaired) electrons. The number of hydrogen-bond donors (Lipinski definition) is 5. The van der Waals surface area contributed by atoms with E-state index in [1.165, 1.54) is 0 Å². The molecular formula is C15H27N5O5. The molecule has 0 aliphatic carbocycles. The highest BCUT2D eigenvalue weighted by Crippen LogP contribution is 2.01. The highest BCUT2D eigenvalue weighted by atomic mass is 16.2. The highest BCUT2D eigenvalue weighted by molar-refractivity contribution is 5.90. The zero-order valence-corrected chi connectivity index (χ0v) is 14.5. The van der Waals surface area contributed by atoms with E-state index in [-0.39, 0.29) is 32.1 Å². The van der Waals surface area contributed by atoms with E-state index in [1.807, 2.05) is 0 Å². The van der Waals surface area contributed by atoms with Crippen LogP contribution < -0.4 is 27.0 Å². The Balaban J connectivity index is 3.73. The van der Waals surface area contributed by atoms with Crippen LogP contribution in [0.4, 0.5) is 0 Å². The third kappa shape index (κ3) is 14.7. The summed E-state index contributed by atoms with van der Waals surface area (Å²) in [4.78, 5) is 56.1. The number of primary amides is 1. The summed E-state index contributed by atoms with van der Waals surface area (Å²) in [6, 6.07) is 0. The summed E-state index contributed by atoms with van der Waals surface area (Å²) in [5.74, 6) is -2.56. The summed E-state index contributed by atoms with van der Waals surface area (Å²) in [7, 11) is 0. The van der Waals surface area contributed by atoms with Crippen LogP contribution in [0.25, 0.3) is 0 Å².